The van der Waals surface area contributed by atoms with E-state index in [1.807, 2.05) is 19.1 Å². The van der Waals surface area contributed by atoms with Crippen molar-refractivity contribution in [3.05, 3.63) is 41.7 Å². The van der Waals surface area contributed by atoms with E-state index in [0.29, 0.717) is 12.1 Å². The van der Waals surface area contributed by atoms with Crippen molar-refractivity contribution in [2.45, 2.75) is 19.9 Å². The fraction of sp³-hybridized carbons (Fsp3) is 0.333. The van der Waals surface area contributed by atoms with Gasteiger partial charge in [-0.2, -0.15) is 0 Å². The molecule has 0 saturated heterocycles. The molecule has 1 aromatic heterocycles. The Morgan fingerprint density at radius 2 is 2.44 bits per heavy atom. The molecule has 86 valence electrons. The average molecular weight is 220 g/mol. The van der Waals surface area contributed by atoms with Crippen molar-refractivity contribution < 1.29 is 9.90 Å². The van der Waals surface area contributed by atoms with Crippen LogP contribution in [-0.2, 0) is 4.79 Å². The van der Waals surface area contributed by atoms with E-state index in [2.05, 4.69) is 10.3 Å². The van der Waals surface area contributed by atoms with Crippen LogP contribution < -0.4 is 5.32 Å². The maximum Gasteiger partial charge on any atom is 0.330 e. The van der Waals surface area contributed by atoms with E-state index < -0.39 is 5.97 Å². The summed E-state index contributed by atoms with van der Waals surface area (Å²) >= 11 is 0. The van der Waals surface area contributed by atoms with Gasteiger partial charge in [0.05, 0.1) is 0 Å². The van der Waals surface area contributed by atoms with Crippen molar-refractivity contribution in [2.75, 3.05) is 6.54 Å². The number of aliphatic carboxylic acids is 1. The molecule has 16 heavy (non-hydrogen) atoms. The monoisotopic (exact) mass is 220 g/mol. The second-order valence-corrected chi connectivity index (χ2v) is 3.61. The van der Waals surface area contributed by atoms with Gasteiger partial charge >= 0.3 is 5.97 Å². The number of carboxylic acids is 1. The Balaban J connectivity index is 2.45. The predicted octanol–water partition coefficient (Wildman–Crippen LogP) is 1.76. The maximum atomic E-state index is 10.5. The van der Waals surface area contributed by atoms with Gasteiger partial charge in [0.25, 0.3) is 0 Å². The van der Waals surface area contributed by atoms with Crippen molar-refractivity contribution in [1.82, 2.24) is 10.3 Å². The van der Waals surface area contributed by atoms with E-state index >= 15 is 0 Å². The van der Waals surface area contributed by atoms with Crippen LogP contribution >= 0.6 is 0 Å². The Bertz CT molecular complexity index is 374. The summed E-state index contributed by atoms with van der Waals surface area (Å²) in [6.45, 7) is 4.13. The molecule has 0 amide bonds. The third kappa shape index (κ3) is 3.82. The molecule has 0 bridgehead atoms. The van der Waals surface area contributed by atoms with E-state index in [1.165, 1.54) is 0 Å². The quantitative estimate of drug-likeness (QED) is 0.742. The molecule has 0 spiro atoms. The summed E-state index contributed by atoms with van der Waals surface area (Å²) in [6.07, 6.45) is 5.19. The zero-order valence-corrected chi connectivity index (χ0v) is 9.47. The molecule has 2 N–H and O–H groups in total. The summed E-state index contributed by atoms with van der Waals surface area (Å²) in [5, 5.41) is 11.9. The van der Waals surface area contributed by atoms with Gasteiger partial charge in [0.1, 0.15) is 0 Å². The first-order chi connectivity index (χ1) is 7.61. The molecule has 4 nitrogen and oxygen atoms in total. The van der Waals surface area contributed by atoms with Crippen LogP contribution in [0.15, 0.2) is 36.2 Å². The maximum absolute atomic E-state index is 10.5. The van der Waals surface area contributed by atoms with Crippen molar-refractivity contribution >= 4 is 5.97 Å². The lowest BCUT2D eigenvalue weighted by molar-refractivity contribution is -0.132. The van der Waals surface area contributed by atoms with E-state index in [-0.39, 0.29) is 6.04 Å². The molecule has 1 heterocycles. The minimum Gasteiger partial charge on any atom is -0.478 e. The third-order valence-corrected chi connectivity index (χ3v) is 2.35. The normalized spacial score (nSPS) is 13.5. The molecule has 0 aromatic carbocycles. The minimum atomic E-state index is -0.879. The molecule has 0 aliphatic heterocycles. The zero-order chi connectivity index (χ0) is 12.0. The highest BCUT2D eigenvalue weighted by atomic mass is 16.4. The smallest absolute Gasteiger partial charge is 0.330 e. The Hall–Kier alpha value is -1.68. The van der Waals surface area contributed by atoms with Crippen LogP contribution in [0.4, 0.5) is 0 Å². The molecule has 0 radical (unpaired) electrons. The topological polar surface area (TPSA) is 62.2 Å². The second-order valence-electron chi connectivity index (χ2n) is 3.61. The summed E-state index contributed by atoms with van der Waals surface area (Å²) < 4.78 is 0. The van der Waals surface area contributed by atoms with Gasteiger partial charge < -0.3 is 10.4 Å². The summed E-state index contributed by atoms with van der Waals surface area (Å²) in [6, 6.07) is 4.02. The van der Waals surface area contributed by atoms with Crippen LogP contribution in [0.25, 0.3) is 0 Å². The molecule has 0 unspecified atom stereocenters. The number of aromatic nitrogens is 1. The second kappa shape index (κ2) is 6.02. The van der Waals surface area contributed by atoms with Crippen molar-refractivity contribution in [3.63, 3.8) is 0 Å². The molecule has 1 rings (SSSR count). The van der Waals surface area contributed by atoms with E-state index in [0.717, 1.165) is 5.56 Å². The standard InChI is InChI=1S/C12H16N2O2/c1-9(12(15)16)5-7-14-10(2)11-4-3-6-13-8-11/h3-6,8,10,14H,7H2,1-2H3,(H,15,16)/b9-5-/t10-/m0/s1. The molecular weight excluding hydrogens is 204 g/mol. The molecule has 0 aliphatic carbocycles. The predicted molar refractivity (Wildman–Crippen MR) is 62.0 cm³/mol. The third-order valence-electron chi connectivity index (χ3n) is 2.35. The van der Waals surface area contributed by atoms with Crippen LogP contribution in [0, 0.1) is 0 Å². The first-order valence-electron chi connectivity index (χ1n) is 5.14. The lowest BCUT2D eigenvalue weighted by atomic mass is 10.1. The molecule has 0 fully saturated rings. The van der Waals surface area contributed by atoms with Gasteiger partial charge in [-0.25, -0.2) is 4.79 Å². The number of pyridine rings is 1. The van der Waals surface area contributed by atoms with Crippen molar-refractivity contribution in [1.29, 1.82) is 0 Å². The fourth-order valence-corrected chi connectivity index (χ4v) is 1.23. The highest BCUT2D eigenvalue weighted by molar-refractivity contribution is 5.85. The molecule has 0 aliphatic rings. The van der Waals surface area contributed by atoms with Crippen LogP contribution in [0.2, 0.25) is 0 Å². The number of carbonyl (C=O) groups is 1. The largest absolute Gasteiger partial charge is 0.478 e. The molecule has 1 atom stereocenters. The highest BCUT2D eigenvalue weighted by Gasteiger charge is 2.03. The lowest BCUT2D eigenvalue weighted by Gasteiger charge is -2.11. The Morgan fingerprint density at radius 3 is 3.00 bits per heavy atom. The number of nitrogens with zero attached hydrogens (tertiary/aromatic N) is 1. The van der Waals surface area contributed by atoms with Gasteiger partial charge in [0.15, 0.2) is 0 Å². The van der Waals surface area contributed by atoms with Gasteiger partial charge in [-0.15, -0.1) is 0 Å². The number of hydrogen-bond acceptors (Lipinski definition) is 3. The van der Waals surface area contributed by atoms with E-state index in [1.54, 1.807) is 25.4 Å². The van der Waals surface area contributed by atoms with E-state index in [4.69, 9.17) is 5.11 Å². The Kier molecular flexibility index (Phi) is 4.66. The van der Waals surface area contributed by atoms with Crippen molar-refractivity contribution in [3.8, 4) is 0 Å². The fourth-order valence-electron chi connectivity index (χ4n) is 1.23. The van der Waals surface area contributed by atoms with Crippen LogP contribution in [-0.4, -0.2) is 22.6 Å². The first kappa shape index (κ1) is 12.4. The van der Waals surface area contributed by atoms with Crippen LogP contribution in [0.3, 0.4) is 0 Å². The molecule has 4 heteroatoms. The SMILES string of the molecule is C/C(=C/CN[C@@H](C)c1cccnc1)C(=O)O. The summed E-state index contributed by atoms with van der Waals surface area (Å²) in [5.74, 6) is -0.879. The summed E-state index contributed by atoms with van der Waals surface area (Å²) in [4.78, 5) is 14.6. The molecule has 0 saturated carbocycles. The van der Waals surface area contributed by atoms with Gasteiger partial charge in [0.2, 0.25) is 0 Å². The number of nitrogens with one attached hydrogen (secondary N) is 1. The number of rotatable bonds is 5. The van der Waals surface area contributed by atoms with Crippen molar-refractivity contribution in [2.24, 2.45) is 0 Å². The summed E-state index contributed by atoms with van der Waals surface area (Å²) in [5.41, 5.74) is 1.44. The minimum absolute atomic E-state index is 0.159. The number of carboxylic acid groups (broad SMARTS) is 1. The van der Waals surface area contributed by atoms with Gasteiger partial charge in [-0.1, -0.05) is 12.1 Å². The Morgan fingerprint density at radius 1 is 1.69 bits per heavy atom. The Labute approximate surface area is 95.0 Å². The van der Waals surface area contributed by atoms with Gasteiger partial charge in [-0.3, -0.25) is 4.98 Å². The highest BCUT2D eigenvalue weighted by Crippen LogP contribution is 2.09. The van der Waals surface area contributed by atoms with Gasteiger partial charge in [-0.05, 0) is 25.5 Å². The number of hydrogen-bond donors (Lipinski definition) is 2. The average Bonchev–Trinajstić information content (AvgIpc) is 2.29. The molecule has 1 aromatic rings. The summed E-state index contributed by atoms with van der Waals surface area (Å²) in [7, 11) is 0. The van der Waals surface area contributed by atoms with E-state index in [9.17, 15) is 4.79 Å². The zero-order valence-electron chi connectivity index (χ0n) is 9.47. The van der Waals surface area contributed by atoms with Crippen LogP contribution in [0.1, 0.15) is 25.5 Å². The van der Waals surface area contributed by atoms with Gasteiger partial charge in [0, 0.05) is 30.6 Å². The first-order valence-corrected chi connectivity index (χ1v) is 5.14. The van der Waals surface area contributed by atoms with Crippen LogP contribution in [0.5, 0.6) is 0 Å². The lowest BCUT2D eigenvalue weighted by Crippen LogP contribution is -2.19. The molecular formula is C12H16N2O2.